The van der Waals surface area contributed by atoms with Crippen molar-refractivity contribution in [3.63, 3.8) is 0 Å². The largest absolute Gasteiger partial charge is 0.464 e. The Kier molecular flexibility index (Phi) is 4.01. The van der Waals surface area contributed by atoms with Gasteiger partial charge >= 0.3 is 6.01 Å². The minimum atomic E-state index is 0.343. The Morgan fingerprint density at radius 2 is 2.17 bits per heavy atom. The minimum Gasteiger partial charge on any atom is -0.464 e. The van der Waals surface area contributed by atoms with E-state index >= 15 is 0 Å². The van der Waals surface area contributed by atoms with Gasteiger partial charge in [0.1, 0.15) is 5.82 Å². The van der Waals surface area contributed by atoms with Gasteiger partial charge < -0.3 is 10.1 Å². The van der Waals surface area contributed by atoms with E-state index in [2.05, 4.69) is 25.3 Å². The van der Waals surface area contributed by atoms with Crippen LogP contribution in [0.2, 0.25) is 0 Å². The maximum atomic E-state index is 5.31. The first-order chi connectivity index (χ1) is 8.81. The predicted octanol–water partition coefficient (Wildman–Crippen LogP) is 1.30. The Labute approximate surface area is 105 Å². The SMILES string of the molecule is CCOc1nc(Cc2cccnc2)nc(NC)n1. The van der Waals surface area contributed by atoms with Crippen LogP contribution in [0.3, 0.4) is 0 Å². The fourth-order valence-electron chi connectivity index (χ4n) is 1.47. The van der Waals surface area contributed by atoms with E-state index in [0.717, 1.165) is 5.56 Å². The first-order valence-electron chi connectivity index (χ1n) is 5.76. The second-order valence-electron chi connectivity index (χ2n) is 3.58. The van der Waals surface area contributed by atoms with Gasteiger partial charge in [-0.1, -0.05) is 6.07 Å². The lowest BCUT2D eigenvalue weighted by atomic mass is 10.2. The molecule has 0 spiro atoms. The van der Waals surface area contributed by atoms with Gasteiger partial charge in [-0.2, -0.15) is 15.0 Å². The highest BCUT2D eigenvalue weighted by atomic mass is 16.5. The molecule has 0 aromatic carbocycles. The van der Waals surface area contributed by atoms with Crippen molar-refractivity contribution in [1.82, 2.24) is 19.9 Å². The minimum absolute atomic E-state index is 0.343. The molecule has 0 amide bonds. The number of hydrogen-bond donors (Lipinski definition) is 1. The zero-order chi connectivity index (χ0) is 12.8. The number of anilines is 1. The van der Waals surface area contributed by atoms with E-state index < -0.39 is 0 Å². The predicted molar refractivity (Wildman–Crippen MR) is 67.6 cm³/mol. The zero-order valence-corrected chi connectivity index (χ0v) is 10.4. The maximum Gasteiger partial charge on any atom is 0.321 e. The van der Waals surface area contributed by atoms with Crippen LogP contribution >= 0.6 is 0 Å². The zero-order valence-electron chi connectivity index (χ0n) is 10.4. The van der Waals surface area contributed by atoms with Crippen LogP contribution in [0.4, 0.5) is 5.95 Å². The summed E-state index contributed by atoms with van der Waals surface area (Å²) in [5.74, 6) is 1.16. The van der Waals surface area contributed by atoms with Crippen molar-refractivity contribution in [2.45, 2.75) is 13.3 Å². The fourth-order valence-corrected chi connectivity index (χ4v) is 1.47. The number of rotatable bonds is 5. The first kappa shape index (κ1) is 12.2. The Morgan fingerprint density at radius 3 is 2.83 bits per heavy atom. The lowest BCUT2D eigenvalue weighted by Crippen LogP contribution is -2.07. The molecule has 0 bridgehead atoms. The molecule has 2 aromatic heterocycles. The molecule has 0 radical (unpaired) electrons. The van der Waals surface area contributed by atoms with E-state index in [1.165, 1.54) is 0 Å². The lowest BCUT2D eigenvalue weighted by molar-refractivity contribution is 0.310. The molecule has 0 aliphatic heterocycles. The molecule has 6 nitrogen and oxygen atoms in total. The number of hydrogen-bond acceptors (Lipinski definition) is 6. The molecule has 0 fully saturated rings. The van der Waals surface area contributed by atoms with Gasteiger partial charge in [-0.15, -0.1) is 0 Å². The van der Waals surface area contributed by atoms with E-state index in [9.17, 15) is 0 Å². The molecular weight excluding hydrogens is 230 g/mol. The number of nitrogens with one attached hydrogen (secondary N) is 1. The molecule has 6 heteroatoms. The third-order valence-corrected chi connectivity index (χ3v) is 2.24. The van der Waals surface area contributed by atoms with Crippen LogP contribution in [0.15, 0.2) is 24.5 Å². The molecule has 2 rings (SSSR count). The van der Waals surface area contributed by atoms with Crippen molar-refractivity contribution in [3.8, 4) is 6.01 Å². The summed E-state index contributed by atoms with van der Waals surface area (Å²) in [6.45, 7) is 2.42. The van der Waals surface area contributed by atoms with Gasteiger partial charge in [0.05, 0.1) is 6.61 Å². The summed E-state index contributed by atoms with van der Waals surface area (Å²) in [5.41, 5.74) is 1.05. The molecule has 0 saturated heterocycles. The molecule has 0 unspecified atom stereocenters. The average molecular weight is 245 g/mol. The fraction of sp³-hybridized carbons (Fsp3) is 0.333. The highest BCUT2D eigenvalue weighted by molar-refractivity contribution is 5.26. The summed E-state index contributed by atoms with van der Waals surface area (Å²) in [6.07, 6.45) is 4.13. The van der Waals surface area contributed by atoms with Gasteiger partial charge in [-0.3, -0.25) is 4.98 Å². The molecule has 94 valence electrons. The van der Waals surface area contributed by atoms with Crippen LogP contribution in [0.5, 0.6) is 6.01 Å². The van der Waals surface area contributed by atoms with Gasteiger partial charge in [0.25, 0.3) is 0 Å². The van der Waals surface area contributed by atoms with Gasteiger partial charge in [-0.25, -0.2) is 0 Å². The highest BCUT2D eigenvalue weighted by Gasteiger charge is 2.07. The standard InChI is InChI=1S/C12H15N5O/c1-3-18-12-16-10(15-11(13-2)17-12)7-9-5-4-6-14-8-9/h4-6,8H,3,7H2,1-2H3,(H,13,15,16,17). The Morgan fingerprint density at radius 1 is 1.28 bits per heavy atom. The maximum absolute atomic E-state index is 5.31. The molecular formula is C12H15N5O. The molecule has 0 aliphatic carbocycles. The quantitative estimate of drug-likeness (QED) is 0.856. The monoisotopic (exact) mass is 245 g/mol. The van der Waals surface area contributed by atoms with Crippen LogP contribution in [-0.4, -0.2) is 33.6 Å². The topological polar surface area (TPSA) is 72.8 Å². The molecule has 0 saturated carbocycles. The Hall–Kier alpha value is -2.24. The van der Waals surface area contributed by atoms with E-state index in [1.54, 1.807) is 19.4 Å². The molecule has 2 aromatic rings. The lowest BCUT2D eigenvalue weighted by Gasteiger charge is -2.06. The highest BCUT2D eigenvalue weighted by Crippen LogP contribution is 2.10. The number of pyridine rings is 1. The van der Waals surface area contributed by atoms with E-state index in [0.29, 0.717) is 30.8 Å². The molecule has 1 N–H and O–H groups in total. The normalized spacial score (nSPS) is 10.1. The van der Waals surface area contributed by atoms with Crippen LogP contribution in [-0.2, 0) is 6.42 Å². The van der Waals surface area contributed by atoms with Crippen LogP contribution in [0.25, 0.3) is 0 Å². The van der Waals surface area contributed by atoms with Gasteiger partial charge in [0.15, 0.2) is 0 Å². The number of nitrogens with zero attached hydrogens (tertiary/aromatic N) is 4. The summed E-state index contributed by atoms with van der Waals surface area (Å²) in [7, 11) is 1.76. The summed E-state index contributed by atoms with van der Waals surface area (Å²) >= 11 is 0. The third kappa shape index (κ3) is 3.13. The van der Waals surface area contributed by atoms with E-state index in [4.69, 9.17) is 4.74 Å². The van der Waals surface area contributed by atoms with Crippen molar-refractivity contribution in [3.05, 3.63) is 35.9 Å². The Balaban J connectivity index is 2.24. The van der Waals surface area contributed by atoms with Crippen molar-refractivity contribution in [1.29, 1.82) is 0 Å². The molecule has 18 heavy (non-hydrogen) atoms. The summed E-state index contributed by atoms with van der Waals surface area (Å²) in [5, 5.41) is 2.89. The smallest absolute Gasteiger partial charge is 0.321 e. The molecule has 0 atom stereocenters. The summed E-state index contributed by atoms with van der Waals surface area (Å²) in [4.78, 5) is 16.7. The van der Waals surface area contributed by atoms with Crippen molar-refractivity contribution in [2.75, 3.05) is 19.0 Å². The van der Waals surface area contributed by atoms with Crippen LogP contribution in [0, 0.1) is 0 Å². The average Bonchev–Trinajstić information content (AvgIpc) is 2.40. The van der Waals surface area contributed by atoms with Crippen LogP contribution < -0.4 is 10.1 Å². The molecule has 2 heterocycles. The first-order valence-corrected chi connectivity index (χ1v) is 5.76. The number of aromatic nitrogens is 4. The molecule has 0 aliphatic rings. The second-order valence-corrected chi connectivity index (χ2v) is 3.58. The van der Waals surface area contributed by atoms with Gasteiger partial charge in [0.2, 0.25) is 5.95 Å². The van der Waals surface area contributed by atoms with Crippen LogP contribution in [0.1, 0.15) is 18.3 Å². The van der Waals surface area contributed by atoms with E-state index in [-0.39, 0.29) is 0 Å². The summed E-state index contributed by atoms with van der Waals surface area (Å²) < 4.78 is 5.31. The van der Waals surface area contributed by atoms with Gasteiger partial charge in [0, 0.05) is 25.9 Å². The Bertz CT molecular complexity index is 503. The van der Waals surface area contributed by atoms with Gasteiger partial charge in [-0.05, 0) is 18.6 Å². The van der Waals surface area contributed by atoms with Crippen molar-refractivity contribution >= 4 is 5.95 Å². The van der Waals surface area contributed by atoms with Crippen molar-refractivity contribution < 1.29 is 4.74 Å². The number of ether oxygens (including phenoxy) is 1. The summed E-state index contributed by atoms with van der Waals surface area (Å²) in [6, 6.07) is 4.21. The third-order valence-electron chi connectivity index (χ3n) is 2.24. The van der Waals surface area contributed by atoms with E-state index in [1.807, 2.05) is 19.1 Å². The van der Waals surface area contributed by atoms with Crippen molar-refractivity contribution in [2.24, 2.45) is 0 Å². The second kappa shape index (κ2) is 5.90.